The largest absolute Gasteiger partial charge is 0.475 e. The second kappa shape index (κ2) is 6.91. The van der Waals surface area contributed by atoms with Gasteiger partial charge in [-0.25, -0.2) is 0 Å². The summed E-state index contributed by atoms with van der Waals surface area (Å²) in [6.07, 6.45) is -0.330. The molecule has 0 unspecified atom stereocenters. The van der Waals surface area contributed by atoms with Gasteiger partial charge in [0.2, 0.25) is 17.7 Å². The first-order chi connectivity index (χ1) is 11.7. The van der Waals surface area contributed by atoms with Crippen molar-refractivity contribution in [3.8, 4) is 11.8 Å². The molecule has 0 amide bonds. The van der Waals surface area contributed by atoms with Crippen molar-refractivity contribution < 1.29 is 28.4 Å². The molecule has 0 bridgehead atoms. The fourth-order valence-corrected chi connectivity index (χ4v) is 2.62. The molecule has 2 atom stereocenters. The van der Waals surface area contributed by atoms with Crippen LogP contribution in [0, 0.1) is 0 Å². The number of anilines is 1. The summed E-state index contributed by atoms with van der Waals surface area (Å²) < 4.78 is 33.6. The van der Waals surface area contributed by atoms with Gasteiger partial charge in [-0.15, -0.1) is 0 Å². The van der Waals surface area contributed by atoms with E-state index >= 15 is 0 Å². The molecule has 9 heteroatoms. The molecular weight excluding hydrogens is 330 g/mol. The zero-order chi connectivity index (χ0) is 18.1. The number of nitrogens with zero attached hydrogens (tertiary/aromatic N) is 2. The number of hydrogen-bond donors (Lipinski definition) is 1. The molecule has 25 heavy (non-hydrogen) atoms. The fourth-order valence-electron chi connectivity index (χ4n) is 2.62. The predicted molar refractivity (Wildman–Crippen MR) is 87.2 cm³/mol. The van der Waals surface area contributed by atoms with Crippen molar-refractivity contribution in [3.05, 3.63) is 6.07 Å². The van der Waals surface area contributed by atoms with Gasteiger partial charge in [0, 0.05) is 0 Å². The molecule has 0 aromatic carbocycles. The molecule has 2 saturated heterocycles. The first-order valence-electron chi connectivity index (χ1n) is 8.24. The second-order valence-electron chi connectivity index (χ2n) is 6.93. The monoisotopic (exact) mass is 355 g/mol. The van der Waals surface area contributed by atoms with Crippen molar-refractivity contribution in [2.45, 2.75) is 51.5 Å². The van der Waals surface area contributed by atoms with E-state index < -0.39 is 11.6 Å². The van der Waals surface area contributed by atoms with Crippen molar-refractivity contribution in [2.75, 3.05) is 32.2 Å². The maximum absolute atomic E-state index is 5.72. The minimum absolute atomic E-state index is 0.0698. The Bertz CT molecular complexity index is 561. The quantitative estimate of drug-likeness (QED) is 0.803. The number of ether oxygens (including phenoxy) is 6. The zero-order valence-corrected chi connectivity index (χ0v) is 15.0. The summed E-state index contributed by atoms with van der Waals surface area (Å²) in [7, 11) is 0. The average Bonchev–Trinajstić information content (AvgIpc) is 3.04. The van der Waals surface area contributed by atoms with Crippen LogP contribution in [-0.2, 0) is 18.9 Å². The van der Waals surface area contributed by atoms with Crippen LogP contribution in [0.15, 0.2) is 6.07 Å². The lowest BCUT2D eigenvalue weighted by molar-refractivity contribution is -0.141. The molecule has 1 aromatic heterocycles. The van der Waals surface area contributed by atoms with Crippen LogP contribution in [0.25, 0.3) is 0 Å². The molecule has 140 valence electrons. The van der Waals surface area contributed by atoms with Crippen molar-refractivity contribution >= 4 is 5.95 Å². The van der Waals surface area contributed by atoms with Gasteiger partial charge in [-0.3, -0.25) is 0 Å². The minimum atomic E-state index is -0.593. The first-order valence-corrected chi connectivity index (χ1v) is 8.24. The molecule has 2 fully saturated rings. The van der Waals surface area contributed by atoms with E-state index in [2.05, 4.69) is 9.97 Å². The summed E-state index contributed by atoms with van der Waals surface area (Å²) in [6.45, 7) is 8.96. The predicted octanol–water partition coefficient (Wildman–Crippen LogP) is 1.12. The van der Waals surface area contributed by atoms with Gasteiger partial charge in [0.15, 0.2) is 11.6 Å². The van der Waals surface area contributed by atoms with Crippen LogP contribution in [-0.4, -0.2) is 60.2 Å². The summed E-state index contributed by atoms with van der Waals surface area (Å²) in [5, 5.41) is 0. The molecule has 1 aromatic rings. The molecule has 2 aliphatic heterocycles. The molecule has 0 spiro atoms. The third-order valence-corrected chi connectivity index (χ3v) is 3.67. The van der Waals surface area contributed by atoms with Crippen LogP contribution in [0.3, 0.4) is 0 Å². The number of nitrogens with two attached hydrogens (primary N) is 1. The van der Waals surface area contributed by atoms with E-state index in [0.717, 1.165) is 0 Å². The summed E-state index contributed by atoms with van der Waals surface area (Å²) in [5.74, 6) is -0.478. The molecule has 0 saturated carbocycles. The maximum atomic E-state index is 5.72. The maximum Gasteiger partial charge on any atom is 0.226 e. The topological polar surface area (TPSA) is 107 Å². The summed E-state index contributed by atoms with van der Waals surface area (Å²) in [4.78, 5) is 8.09. The molecule has 9 nitrogen and oxygen atoms in total. The Labute approximate surface area is 146 Å². The Kier molecular flexibility index (Phi) is 5.01. The Balaban J connectivity index is 1.52. The van der Waals surface area contributed by atoms with Crippen LogP contribution in [0.4, 0.5) is 5.95 Å². The number of rotatable bonds is 6. The summed E-state index contributed by atoms with van der Waals surface area (Å²) in [6, 6.07) is 1.58. The molecular formula is C16H25N3O6. The third kappa shape index (κ3) is 5.15. The highest BCUT2D eigenvalue weighted by atomic mass is 16.8. The van der Waals surface area contributed by atoms with E-state index in [0.29, 0.717) is 38.2 Å². The van der Waals surface area contributed by atoms with E-state index in [1.807, 2.05) is 27.7 Å². The lowest BCUT2D eigenvalue weighted by atomic mass is 10.4. The van der Waals surface area contributed by atoms with Crippen LogP contribution in [0.1, 0.15) is 27.7 Å². The molecule has 2 aliphatic rings. The summed E-state index contributed by atoms with van der Waals surface area (Å²) >= 11 is 0. The molecule has 3 rings (SSSR count). The highest BCUT2D eigenvalue weighted by molar-refractivity contribution is 5.29. The van der Waals surface area contributed by atoms with Crippen LogP contribution in [0.2, 0.25) is 0 Å². The van der Waals surface area contributed by atoms with Gasteiger partial charge >= 0.3 is 0 Å². The standard InChI is InChI=1S/C16H25N3O6/c1-15(2)22-8-10(24-15)6-20-12-5-13(19-14(17)18-12)21-7-11-9-23-16(3,4)25-11/h5,10-11H,6-9H2,1-4H3,(H2,17,18,19)/t10-,11+. The fraction of sp³-hybridized carbons (Fsp3) is 0.750. The van der Waals surface area contributed by atoms with Crippen LogP contribution in [0.5, 0.6) is 11.8 Å². The van der Waals surface area contributed by atoms with Gasteiger partial charge in [-0.05, 0) is 27.7 Å². The highest BCUT2D eigenvalue weighted by Crippen LogP contribution is 2.25. The number of aromatic nitrogens is 2. The Morgan fingerprint density at radius 1 is 0.960 bits per heavy atom. The lowest BCUT2D eigenvalue weighted by Gasteiger charge is -2.18. The minimum Gasteiger partial charge on any atom is -0.475 e. The smallest absolute Gasteiger partial charge is 0.226 e. The third-order valence-electron chi connectivity index (χ3n) is 3.67. The average molecular weight is 355 g/mol. The number of hydrogen-bond acceptors (Lipinski definition) is 9. The van der Waals surface area contributed by atoms with E-state index in [1.165, 1.54) is 0 Å². The van der Waals surface area contributed by atoms with E-state index in [1.54, 1.807) is 6.07 Å². The van der Waals surface area contributed by atoms with Gasteiger partial charge in [0.05, 0.1) is 19.3 Å². The van der Waals surface area contributed by atoms with Crippen molar-refractivity contribution in [1.29, 1.82) is 0 Å². The second-order valence-corrected chi connectivity index (χ2v) is 6.93. The van der Waals surface area contributed by atoms with E-state index in [4.69, 9.17) is 34.2 Å². The van der Waals surface area contributed by atoms with Crippen molar-refractivity contribution in [1.82, 2.24) is 9.97 Å². The zero-order valence-electron chi connectivity index (χ0n) is 15.0. The lowest BCUT2D eigenvalue weighted by Crippen LogP contribution is -2.25. The SMILES string of the molecule is CC1(C)OC[C@@H](COc2cc(OC[C@H]3COC(C)(C)O3)nc(N)n2)O1. The molecule has 0 radical (unpaired) electrons. The normalized spacial score (nSPS) is 27.4. The summed E-state index contributed by atoms with van der Waals surface area (Å²) in [5.41, 5.74) is 5.72. The van der Waals surface area contributed by atoms with Crippen LogP contribution >= 0.6 is 0 Å². The van der Waals surface area contributed by atoms with Gasteiger partial charge in [0.1, 0.15) is 25.4 Å². The first kappa shape index (κ1) is 18.1. The van der Waals surface area contributed by atoms with Gasteiger partial charge in [0.25, 0.3) is 0 Å². The van der Waals surface area contributed by atoms with Crippen molar-refractivity contribution in [3.63, 3.8) is 0 Å². The Hall–Kier alpha value is -1.68. The van der Waals surface area contributed by atoms with Gasteiger partial charge in [-0.2, -0.15) is 9.97 Å². The van der Waals surface area contributed by atoms with Crippen molar-refractivity contribution in [2.24, 2.45) is 0 Å². The molecule has 0 aliphatic carbocycles. The van der Waals surface area contributed by atoms with E-state index in [9.17, 15) is 0 Å². The van der Waals surface area contributed by atoms with Gasteiger partial charge in [-0.1, -0.05) is 0 Å². The van der Waals surface area contributed by atoms with Crippen LogP contribution < -0.4 is 15.2 Å². The Morgan fingerprint density at radius 3 is 1.76 bits per heavy atom. The Morgan fingerprint density at radius 2 is 1.40 bits per heavy atom. The molecule has 3 heterocycles. The van der Waals surface area contributed by atoms with Gasteiger partial charge < -0.3 is 34.2 Å². The number of nitrogen functional groups attached to an aromatic ring is 1. The molecule has 2 N–H and O–H groups in total. The highest BCUT2D eigenvalue weighted by Gasteiger charge is 2.34. The van der Waals surface area contributed by atoms with E-state index in [-0.39, 0.29) is 18.2 Å².